The Hall–Kier alpha value is -1.91. The van der Waals surface area contributed by atoms with Gasteiger partial charge in [-0.25, -0.2) is 13.1 Å². The molecule has 4 rings (SSSR count). The predicted octanol–water partition coefficient (Wildman–Crippen LogP) is 1.03. The molecule has 3 heterocycles. The highest BCUT2D eigenvalue weighted by molar-refractivity contribution is 7.89. The Balaban J connectivity index is 1.68. The molecule has 0 N–H and O–H groups in total. The van der Waals surface area contributed by atoms with Crippen molar-refractivity contribution >= 4 is 10.0 Å². The molecule has 146 valence electrons. The van der Waals surface area contributed by atoms with Gasteiger partial charge in [-0.05, 0) is 55.9 Å². The first-order valence-corrected chi connectivity index (χ1v) is 10.8. The normalized spacial score (nSPS) is 24.9. The molecule has 2 aromatic heterocycles. The number of hydrogen-bond acceptors (Lipinski definition) is 7. The molecule has 2 aromatic rings. The first kappa shape index (κ1) is 18.5. The van der Waals surface area contributed by atoms with Crippen molar-refractivity contribution in [2.24, 2.45) is 0 Å². The second-order valence-corrected chi connectivity index (χ2v) is 9.53. The zero-order valence-electron chi connectivity index (χ0n) is 15.7. The average Bonchev–Trinajstić information content (AvgIpc) is 3.41. The average molecular weight is 392 g/mol. The predicted molar refractivity (Wildman–Crippen MR) is 98.3 cm³/mol. The summed E-state index contributed by atoms with van der Waals surface area (Å²) in [5.41, 5.74) is -0.540. The van der Waals surface area contributed by atoms with Crippen molar-refractivity contribution in [2.75, 3.05) is 27.2 Å². The SMILES string of the molecule is CN(C)C1(c2nnnn2C2CCCC2)CCN(S(=O)(=O)c2cccnc2)C1. The highest BCUT2D eigenvalue weighted by atomic mass is 32.2. The van der Waals surface area contributed by atoms with E-state index in [2.05, 4.69) is 25.4 Å². The van der Waals surface area contributed by atoms with E-state index in [4.69, 9.17) is 0 Å². The molecule has 2 aliphatic rings. The third kappa shape index (κ3) is 3.05. The minimum Gasteiger partial charge on any atom is -0.296 e. The lowest BCUT2D eigenvalue weighted by Gasteiger charge is -2.35. The monoisotopic (exact) mass is 391 g/mol. The Bertz CT molecular complexity index is 893. The molecule has 1 saturated heterocycles. The summed E-state index contributed by atoms with van der Waals surface area (Å²) < 4.78 is 29.6. The fraction of sp³-hybridized carbons (Fsp3) is 0.647. The molecule has 0 bridgehead atoms. The molecular weight excluding hydrogens is 366 g/mol. The summed E-state index contributed by atoms with van der Waals surface area (Å²) in [6, 6.07) is 3.53. The van der Waals surface area contributed by atoms with Crippen LogP contribution in [0.15, 0.2) is 29.4 Å². The Kier molecular flexibility index (Phi) is 4.73. The van der Waals surface area contributed by atoms with E-state index in [0.29, 0.717) is 25.6 Å². The van der Waals surface area contributed by atoms with Gasteiger partial charge in [0.15, 0.2) is 5.82 Å². The van der Waals surface area contributed by atoms with E-state index in [0.717, 1.165) is 18.7 Å². The van der Waals surface area contributed by atoms with Crippen LogP contribution in [-0.2, 0) is 15.6 Å². The molecule has 0 radical (unpaired) electrons. The Morgan fingerprint density at radius 2 is 2.04 bits per heavy atom. The Labute approximate surface area is 159 Å². The van der Waals surface area contributed by atoms with Gasteiger partial charge in [-0.3, -0.25) is 9.88 Å². The number of tetrazole rings is 1. The lowest BCUT2D eigenvalue weighted by atomic mass is 9.95. The molecule has 10 heteroatoms. The van der Waals surface area contributed by atoms with Crippen LogP contribution in [0.25, 0.3) is 0 Å². The standard InChI is InChI=1S/C17H25N7O2S/c1-22(2)17(16-19-20-21-24(16)14-6-3-4-7-14)9-11-23(13-17)27(25,26)15-8-5-10-18-12-15/h5,8,10,12,14H,3-4,6-7,9,11,13H2,1-2H3. The number of pyridine rings is 1. The zero-order chi connectivity index (χ0) is 19.1. The highest BCUT2D eigenvalue weighted by Gasteiger charge is 2.49. The van der Waals surface area contributed by atoms with Crippen molar-refractivity contribution in [1.29, 1.82) is 0 Å². The van der Waals surface area contributed by atoms with Crippen molar-refractivity contribution in [2.45, 2.75) is 48.6 Å². The molecule has 1 aliphatic heterocycles. The minimum atomic E-state index is -3.60. The molecular formula is C17H25N7O2S. The first-order chi connectivity index (χ1) is 12.9. The van der Waals surface area contributed by atoms with E-state index in [1.165, 1.54) is 23.3 Å². The highest BCUT2D eigenvalue weighted by Crippen LogP contribution is 2.40. The number of aromatic nitrogens is 5. The maximum Gasteiger partial charge on any atom is 0.244 e. The molecule has 1 saturated carbocycles. The van der Waals surface area contributed by atoms with Crippen LogP contribution in [0.1, 0.15) is 44.0 Å². The number of nitrogens with zero attached hydrogens (tertiary/aromatic N) is 7. The Morgan fingerprint density at radius 1 is 1.26 bits per heavy atom. The van der Waals surface area contributed by atoms with Crippen LogP contribution in [0.3, 0.4) is 0 Å². The van der Waals surface area contributed by atoms with Crippen molar-refractivity contribution < 1.29 is 8.42 Å². The number of hydrogen-bond donors (Lipinski definition) is 0. The lowest BCUT2D eigenvalue weighted by Crippen LogP contribution is -2.47. The summed E-state index contributed by atoms with van der Waals surface area (Å²) in [6.45, 7) is 0.747. The van der Waals surface area contributed by atoms with Crippen LogP contribution < -0.4 is 0 Å². The lowest BCUT2D eigenvalue weighted by molar-refractivity contribution is 0.144. The molecule has 0 spiro atoms. The van der Waals surface area contributed by atoms with Gasteiger partial charge in [0.25, 0.3) is 0 Å². The van der Waals surface area contributed by atoms with E-state index >= 15 is 0 Å². The van der Waals surface area contributed by atoms with Gasteiger partial charge in [-0.1, -0.05) is 12.8 Å². The van der Waals surface area contributed by atoms with E-state index in [1.807, 2.05) is 18.8 Å². The van der Waals surface area contributed by atoms with Gasteiger partial charge in [0.1, 0.15) is 4.90 Å². The fourth-order valence-electron chi connectivity index (χ4n) is 4.26. The maximum atomic E-state index is 13.1. The smallest absolute Gasteiger partial charge is 0.244 e. The van der Waals surface area contributed by atoms with Crippen LogP contribution in [0.2, 0.25) is 0 Å². The molecule has 1 atom stereocenters. The van der Waals surface area contributed by atoms with Gasteiger partial charge in [-0.15, -0.1) is 5.10 Å². The largest absolute Gasteiger partial charge is 0.296 e. The molecule has 9 nitrogen and oxygen atoms in total. The molecule has 27 heavy (non-hydrogen) atoms. The topological polar surface area (TPSA) is 97.1 Å². The second kappa shape index (κ2) is 6.92. The summed E-state index contributed by atoms with van der Waals surface area (Å²) >= 11 is 0. The number of sulfonamides is 1. The maximum absolute atomic E-state index is 13.1. The first-order valence-electron chi connectivity index (χ1n) is 9.31. The fourth-order valence-corrected chi connectivity index (χ4v) is 5.71. The molecule has 0 amide bonds. The summed E-state index contributed by atoms with van der Waals surface area (Å²) in [7, 11) is 0.332. The van der Waals surface area contributed by atoms with Crippen molar-refractivity contribution in [3.63, 3.8) is 0 Å². The van der Waals surface area contributed by atoms with Gasteiger partial charge >= 0.3 is 0 Å². The second-order valence-electron chi connectivity index (χ2n) is 7.59. The summed E-state index contributed by atoms with van der Waals surface area (Å²) in [5, 5.41) is 12.6. The quantitative estimate of drug-likeness (QED) is 0.751. The van der Waals surface area contributed by atoms with Crippen LogP contribution in [0.4, 0.5) is 0 Å². The van der Waals surface area contributed by atoms with E-state index < -0.39 is 15.6 Å². The van der Waals surface area contributed by atoms with E-state index in [-0.39, 0.29) is 4.90 Å². The van der Waals surface area contributed by atoms with Crippen molar-refractivity contribution in [3.8, 4) is 0 Å². The number of likely N-dealkylation sites (N-methyl/N-ethyl adjacent to an activating group) is 1. The molecule has 0 aromatic carbocycles. The van der Waals surface area contributed by atoms with E-state index in [9.17, 15) is 8.42 Å². The van der Waals surface area contributed by atoms with Gasteiger partial charge < -0.3 is 0 Å². The van der Waals surface area contributed by atoms with Gasteiger partial charge in [0.2, 0.25) is 10.0 Å². The molecule has 1 unspecified atom stereocenters. The Morgan fingerprint density at radius 3 is 2.70 bits per heavy atom. The van der Waals surface area contributed by atoms with Crippen LogP contribution in [0, 0.1) is 0 Å². The summed E-state index contributed by atoms with van der Waals surface area (Å²) in [5.74, 6) is 0.767. The minimum absolute atomic E-state index is 0.218. The van der Waals surface area contributed by atoms with Crippen molar-refractivity contribution in [3.05, 3.63) is 30.4 Å². The molecule has 2 fully saturated rings. The summed E-state index contributed by atoms with van der Waals surface area (Å²) in [6.07, 6.45) is 8.11. The molecule has 1 aliphatic carbocycles. The number of rotatable bonds is 5. The summed E-state index contributed by atoms with van der Waals surface area (Å²) in [4.78, 5) is 6.23. The van der Waals surface area contributed by atoms with Gasteiger partial charge in [-0.2, -0.15) is 4.31 Å². The van der Waals surface area contributed by atoms with E-state index in [1.54, 1.807) is 18.3 Å². The van der Waals surface area contributed by atoms with Gasteiger partial charge in [0.05, 0.1) is 11.6 Å². The zero-order valence-corrected chi connectivity index (χ0v) is 16.5. The van der Waals surface area contributed by atoms with Crippen molar-refractivity contribution in [1.82, 2.24) is 34.4 Å². The van der Waals surface area contributed by atoms with Crippen LogP contribution >= 0.6 is 0 Å². The van der Waals surface area contributed by atoms with Crippen LogP contribution in [0.5, 0.6) is 0 Å². The third-order valence-corrected chi connectivity index (χ3v) is 7.75. The van der Waals surface area contributed by atoms with Gasteiger partial charge in [0, 0.05) is 25.5 Å². The third-order valence-electron chi connectivity index (χ3n) is 5.92. The van der Waals surface area contributed by atoms with Crippen LogP contribution in [-0.4, -0.2) is 70.0 Å².